The lowest BCUT2D eigenvalue weighted by atomic mass is 9.96. The number of carbonyl (C=O) groups excluding carboxylic acids is 3. The Morgan fingerprint density at radius 1 is 0.941 bits per heavy atom. The van der Waals surface area contributed by atoms with Crippen LogP contribution in [0.3, 0.4) is 0 Å². The van der Waals surface area contributed by atoms with Crippen molar-refractivity contribution in [2.24, 2.45) is 11.8 Å². The van der Waals surface area contributed by atoms with Gasteiger partial charge in [0.15, 0.2) is 0 Å². The number of amides is 3. The topological polar surface area (TPSA) is 146 Å². The summed E-state index contributed by atoms with van der Waals surface area (Å²) in [5, 5.41) is 2.67. The van der Waals surface area contributed by atoms with Crippen LogP contribution in [0.5, 0.6) is 0 Å². The molecule has 3 N–H and O–H groups in total. The van der Waals surface area contributed by atoms with Crippen LogP contribution in [0, 0.1) is 11.8 Å². The zero-order valence-corrected chi connectivity index (χ0v) is 30.2. The van der Waals surface area contributed by atoms with Crippen molar-refractivity contribution in [3.05, 3.63) is 72.1 Å². The third-order valence-corrected chi connectivity index (χ3v) is 10.2. The van der Waals surface area contributed by atoms with Crippen molar-refractivity contribution in [1.82, 2.24) is 35.1 Å². The maximum atomic E-state index is 13.2. The average Bonchev–Trinajstić information content (AvgIpc) is 3.92. The molecule has 4 heterocycles. The molecular weight excluding hydrogens is 646 g/mol. The molecule has 2 aliphatic rings. The molecule has 0 spiro atoms. The largest absolute Gasteiger partial charge is 0.453 e. The number of hydrogen-bond acceptors (Lipinski definition) is 7. The zero-order chi connectivity index (χ0) is 36.1. The quantitative estimate of drug-likeness (QED) is 0.201. The molecule has 12 heteroatoms. The third-order valence-electron chi connectivity index (χ3n) is 10.2. The molecule has 0 saturated carbocycles. The van der Waals surface area contributed by atoms with E-state index >= 15 is 0 Å². The maximum Gasteiger partial charge on any atom is 0.407 e. The van der Waals surface area contributed by atoms with Crippen LogP contribution in [0.25, 0.3) is 33.6 Å². The minimum absolute atomic E-state index is 0.0140. The van der Waals surface area contributed by atoms with Gasteiger partial charge in [0.1, 0.15) is 17.7 Å². The number of hydrogen-bond donors (Lipinski definition) is 3. The van der Waals surface area contributed by atoms with Gasteiger partial charge in [-0.15, -0.1) is 0 Å². The molecule has 12 nitrogen and oxygen atoms in total. The summed E-state index contributed by atoms with van der Waals surface area (Å²) in [7, 11) is 2.99. The Morgan fingerprint density at radius 3 is 2.31 bits per heavy atom. The Morgan fingerprint density at radius 2 is 1.63 bits per heavy atom. The van der Waals surface area contributed by atoms with Gasteiger partial charge in [0.25, 0.3) is 0 Å². The van der Waals surface area contributed by atoms with Crippen LogP contribution in [-0.2, 0) is 32.2 Å². The summed E-state index contributed by atoms with van der Waals surface area (Å²) in [5.41, 5.74) is 6.69. The van der Waals surface area contributed by atoms with Gasteiger partial charge in [-0.3, -0.25) is 9.59 Å². The molecule has 4 aromatic rings. The smallest absolute Gasteiger partial charge is 0.407 e. The Labute approximate surface area is 299 Å². The van der Waals surface area contributed by atoms with Gasteiger partial charge in [-0.2, -0.15) is 0 Å². The van der Waals surface area contributed by atoms with Crippen molar-refractivity contribution in [3.63, 3.8) is 0 Å². The molecule has 51 heavy (non-hydrogen) atoms. The number of aromatic nitrogens is 4. The molecule has 3 amide bonds. The Bertz CT molecular complexity index is 1810. The number of likely N-dealkylation sites (N-methyl/N-ethyl adjacent to an activating group) is 1. The van der Waals surface area contributed by atoms with E-state index in [1.807, 2.05) is 18.0 Å². The van der Waals surface area contributed by atoms with Crippen molar-refractivity contribution in [2.45, 2.75) is 78.1 Å². The maximum absolute atomic E-state index is 13.2. The van der Waals surface area contributed by atoms with E-state index in [1.165, 1.54) is 7.11 Å². The van der Waals surface area contributed by atoms with Gasteiger partial charge in [-0.1, -0.05) is 69.3 Å². The zero-order valence-electron chi connectivity index (χ0n) is 30.2. The SMILES string of the molecule is COC(=O)N[C@H]1CCCCOCc2[nH]c(nc2-c2ccc(-c3ccc(-c4cnc([C@@H]5CCCN5C(=O)[C@@H](C)C(C)C)[nH]4)cc3)cc2)CN(C)C1=O. The fraction of sp³-hybridized carbons (Fsp3) is 0.462. The summed E-state index contributed by atoms with van der Waals surface area (Å²) in [6.07, 6.45) is 5.10. The van der Waals surface area contributed by atoms with E-state index in [0.29, 0.717) is 31.4 Å². The second-order valence-corrected chi connectivity index (χ2v) is 14.0. The summed E-state index contributed by atoms with van der Waals surface area (Å²) < 4.78 is 10.7. The van der Waals surface area contributed by atoms with Crippen LogP contribution in [-0.4, -0.2) is 81.0 Å². The van der Waals surface area contributed by atoms with Crippen LogP contribution in [0.2, 0.25) is 0 Å². The summed E-state index contributed by atoms with van der Waals surface area (Å²) in [4.78, 5) is 58.3. The Hall–Kier alpha value is -4.97. The number of ether oxygens (including phenoxy) is 2. The molecule has 0 radical (unpaired) electrons. The minimum atomic E-state index is -0.686. The van der Waals surface area contributed by atoms with E-state index < -0.39 is 12.1 Å². The van der Waals surface area contributed by atoms with Crippen molar-refractivity contribution < 1.29 is 23.9 Å². The predicted octanol–water partition coefficient (Wildman–Crippen LogP) is 6.47. The average molecular weight is 696 g/mol. The fourth-order valence-corrected chi connectivity index (χ4v) is 6.81. The molecule has 6 rings (SSSR count). The predicted molar refractivity (Wildman–Crippen MR) is 194 cm³/mol. The number of likely N-dealkylation sites (tertiary alicyclic amines) is 1. The second-order valence-electron chi connectivity index (χ2n) is 14.0. The number of carbonyl (C=O) groups is 3. The summed E-state index contributed by atoms with van der Waals surface area (Å²) in [6.45, 7) is 8.13. The first-order valence-corrected chi connectivity index (χ1v) is 17.9. The molecule has 3 atom stereocenters. The van der Waals surface area contributed by atoms with Crippen molar-refractivity contribution in [3.8, 4) is 33.6 Å². The van der Waals surface area contributed by atoms with E-state index in [1.54, 1.807) is 11.9 Å². The number of benzene rings is 2. The fourth-order valence-electron chi connectivity index (χ4n) is 6.81. The highest BCUT2D eigenvalue weighted by molar-refractivity contribution is 5.85. The number of imidazole rings is 2. The molecule has 2 bridgehead atoms. The number of nitrogens with one attached hydrogen (secondary N) is 3. The molecule has 2 aromatic heterocycles. The first-order valence-electron chi connectivity index (χ1n) is 17.9. The number of alkyl carbamates (subject to hydrolysis) is 1. The number of fused-ring (bicyclic) bond motifs is 2. The monoisotopic (exact) mass is 695 g/mol. The van der Waals surface area contributed by atoms with Gasteiger partial charge in [0.05, 0.1) is 49.6 Å². The number of methoxy groups -OCH3 is 1. The van der Waals surface area contributed by atoms with Crippen LogP contribution in [0.1, 0.15) is 76.3 Å². The molecule has 2 aromatic carbocycles. The third kappa shape index (κ3) is 8.17. The van der Waals surface area contributed by atoms with Gasteiger partial charge >= 0.3 is 6.09 Å². The number of H-pyrrole nitrogens is 2. The molecule has 1 fully saturated rings. The lowest BCUT2D eigenvalue weighted by Gasteiger charge is -2.27. The van der Waals surface area contributed by atoms with Gasteiger partial charge < -0.3 is 34.6 Å². The van der Waals surface area contributed by atoms with Crippen molar-refractivity contribution >= 4 is 17.9 Å². The lowest BCUT2D eigenvalue weighted by Crippen LogP contribution is -2.47. The Kier molecular flexibility index (Phi) is 11.2. The van der Waals surface area contributed by atoms with Gasteiger partial charge in [-0.05, 0) is 54.7 Å². The standard InChI is InChI=1S/C39H49N7O5/c1-24(2)25(3)37(47)46-19-8-10-33(46)36-40-21-31(42-36)28-15-11-26(12-16-28)27-13-17-29(18-14-27)35-32-23-51-20-7-6-9-30(43-39(49)50-5)38(48)45(4)22-34(41-32)44-35/h11-18,21,24-25,30,33H,6-10,19-20,22-23H2,1-5H3,(H,40,42)(H,41,44)(H,43,49)/t25-,30-,33-/m0/s1. The van der Waals surface area contributed by atoms with Crippen LogP contribution in [0.4, 0.5) is 4.79 Å². The second kappa shape index (κ2) is 15.9. The molecule has 0 unspecified atom stereocenters. The van der Waals surface area contributed by atoms with E-state index in [2.05, 4.69) is 77.7 Å². The van der Waals surface area contributed by atoms with E-state index in [4.69, 9.17) is 19.4 Å². The van der Waals surface area contributed by atoms with E-state index in [-0.39, 0.29) is 30.3 Å². The number of nitrogens with zero attached hydrogens (tertiary/aromatic N) is 4. The van der Waals surface area contributed by atoms with Crippen LogP contribution in [0.15, 0.2) is 54.7 Å². The van der Waals surface area contributed by atoms with Crippen LogP contribution < -0.4 is 5.32 Å². The van der Waals surface area contributed by atoms with E-state index in [0.717, 1.165) is 77.4 Å². The van der Waals surface area contributed by atoms with E-state index in [9.17, 15) is 14.4 Å². The molecular formula is C39H49N7O5. The highest BCUT2D eigenvalue weighted by Crippen LogP contribution is 2.34. The normalized spacial score (nSPS) is 19.3. The molecule has 1 saturated heterocycles. The van der Waals surface area contributed by atoms with Crippen molar-refractivity contribution in [2.75, 3.05) is 27.3 Å². The van der Waals surface area contributed by atoms with Gasteiger partial charge in [-0.25, -0.2) is 14.8 Å². The van der Waals surface area contributed by atoms with Gasteiger partial charge in [0, 0.05) is 31.7 Å². The lowest BCUT2D eigenvalue weighted by molar-refractivity contribution is -0.137. The Balaban J connectivity index is 1.15. The summed E-state index contributed by atoms with van der Waals surface area (Å²) in [5.74, 6) is 1.77. The highest BCUT2D eigenvalue weighted by Gasteiger charge is 2.35. The number of rotatable bonds is 7. The highest BCUT2D eigenvalue weighted by atomic mass is 16.5. The minimum Gasteiger partial charge on any atom is -0.453 e. The van der Waals surface area contributed by atoms with Crippen molar-refractivity contribution in [1.29, 1.82) is 0 Å². The number of aromatic amines is 2. The summed E-state index contributed by atoms with van der Waals surface area (Å²) in [6, 6.07) is 16.0. The van der Waals surface area contributed by atoms with Crippen LogP contribution >= 0.6 is 0 Å². The first kappa shape index (κ1) is 35.8. The summed E-state index contributed by atoms with van der Waals surface area (Å²) >= 11 is 0. The molecule has 2 aliphatic heterocycles. The molecule has 0 aliphatic carbocycles. The molecule has 270 valence electrons. The van der Waals surface area contributed by atoms with Gasteiger partial charge in [0.2, 0.25) is 11.8 Å². The first-order chi connectivity index (χ1) is 24.6.